The maximum Gasteiger partial charge on any atom is 0.410 e. The van der Waals surface area contributed by atoms with Crippen LogP contribution in [-0.4, -0.2) is 66.4 Å². The highest BCUT2D eigenvalue weighted by Gasteiger charge is 2.38. The van der Waals surface area contributed by atoms with Crippen LogP contribution in [-0.2, 0) is 9.47 Å². The van der Waals surface area contributed by atoms with Crippen LogP contribution in [0.15, 0.2) is 0 Å². The molecule has 0 N–H and O–H groups in total. The summed E-state index contributed by atoms with van der Waals surface area (Å²) >= 11 is 0. The lowest BCUT2D eigenvalue weighted by Gasteiger charge is -2.42. The van der Waals surface area contributed by atoms with E-state index in [1.54, 1.807) is 0 Å². The topological polar surface area (TPSA) is 42.0 Å². The number of piperidine rings is 1. The van der Waals surface area contributed by atoms with Crippen molar-refractivity contribution in [1.82, 2.24) is 9.80 Å². The lowest BCUT2D eigenvalue weighted by Crippen LogP contribution is -2.53. The minimum Gasteiger partial charge on any atom is -0.444 e. The number of carbonyl (C=O) groups excluding carboxylic acids is 1. The summed E-state index contributed by atoms with van der Waals surface area (Å²) in [6.07, 6.45) is 5.36. The third-order valence-corrected chi connectivity index (χ3v) is 4.85. The van der Waals surface area contributed by atoms with Crippen molar-refractivity contribution in [1.29, 1.82) is 0 Å². The Morgan fingerprint density at radius 1 is 1.13 bits per heavy atom. The summed E-state index contributed by atoms with van der Waals surface area (Å²) in [5, 5.41) is 0. The first kappa shape index (κ1) is 18.5. The number of nitrogens with zero attached hydrogens (tertiary/aromatic N) is 2. The number of rotatable bonds is 5. The second-order valence-electron chi connectivity index (χ2n) is 7.94. The van der Waals surface area contributed by atoms with Gasteiger partial charge in [-0.2, -0.15) is 0 Å². The molecule has 5 heteroatoms. The molecule has 0 aliphatic carbocycles. The third-order valence-electron chi connectivity index (χ3n) is 4.85. The average Bonchev–Trinajstić information content (AvgIpc) is 2.99. The highest BCUT2D eigenvalue weighted by Crippen LogP contribution is 2.29. The van der Waals surface area contributed by atoms with Gasteiger partial charge in [0.15, 0.2) is 0 Å². The molecule has 1 amide bonds. The molecule has 23 heavy (non-hydrogen) atoms. The maximum atomic E-state index is 12.3. The Morgan fingerprint density at radius 2 is 1.83 bits per heavy atom. The van der Waals surface area contributed by atoms with Crippen LogP contribution in [0.25, 0.3) is 0 Å². The monoisotopic (exact) mass is 326 g/mol. The van der Waals surface area contributed by atoms with E-state index in [-0.39, 0.29) is 11.7 Å². The molecule has 2 aliphatic rings. The van der Waals surface area contributed by atoms with Gasteiger partial charge in [0, 0.05) is 13.1 Å². The lowest BCUT2D eigenvalue weighted by atomic mass is 9.90. The van der Waals surface area contributed by atoms with Crippen molar-refractivity contribution in [2.24, 2.45) is 0 Å². The zero-order chi connectivity index (χ0) is 16.9. The van der Waals surface area contributed by atoms with Gasteiger partial charge in [-0.05, 0) is 66.0 Å². The zero-order valence-corrected chi connectivity index (χ0v) is 15.4. The molecule has 134 valence electrons. The summed E-state index contributed by atoms with van der Waals surface area (Å²) in [5.74, 6) is 0. The molecule has 0 aromatic carbocycles. The van der Waals surface area contributed by atoms with Crippen LogP contribution in [0, 0.1) is 0 Å². The number of likely N-dealkylation sites (tertiary alicyclic amines) is 2. The van der Waals surface area contributed by atoms with Crippen molar-refractivity contribution in [3.8, 4) is 0 Å². The summed E-state index contributed by atoms with van der Waals surface area (Å²) in [7, 11) is 0. The molecule has 0 bridgehead atoms. The van der Waals surface area contributed by atoms with Gasteiger partial charge in [0.2, 0.25) is 0 Å². The molecular formula is C18H34N2O3. The van der Waals surface area contributed by atoms with Crippen LogP contribution in [0.5, 0.6) is 0 Å². The summed E-state index contributed by atoms with van der Waals surface area (Å²) < 4.78 is 11.8. The van der Waals surface area contributed by atoms with Crippen molar-refractivity contribution in [2.45, 2.75) is 71.0 Å². The Labute approximate surface area is 141 Å². The molecule has 1 atom stereocenters. The zero-order valence-electron chi connectivity index (χ0n) is 15.4. The fourth-order valence-corrected chi connectivity index (χ4v) is 3.49. The van der Waals surface area contributed by atoms with Crippen LogP contribution < -0.4 is 0 Å². The van der Waals surface area contributed by atoms with Crippen LogP contribution >= 0.6 is 0 Å². The number of ether oxygens (including phenoxy) is 2. The van der Waals surface area contributed by atoms with E-state index >= 15 is 0 Å². The molecule has 0 aromatic rings. The third kappa shape index (κ3) is 5.64. The van der Waals surface area contributed by atoms with Crippen LogP contribution in [0.2, 0.25) is 0 Å². The van der Waals surface area contributed by atoms with Crippen LogP contribution in [0.3, 0.4) is 0 Å². The predicted octanol–water partition coefficient (Wildman–Crippen LogP) is 3.28. The van der Waals surface area contributed by atoms with E-state index in [1.807, 2.05) is 25.7 Å². The van der Waals surface area contributed by atoms with Gasteiger partial charge in [-0.25, -0.2) is 4.79 Å². The molecule has 2 rings (SSSR count). The SMILES string of the molecule is CCC1(OCCN2CCCC2)CCCN(C(=O)OC(C)(C)C)C1. The Hall–Kier alpha value is -0.810. The van der Waals surface area contributed by atoms with E-state index < -0.39 is 5.60 Å². The molecule has 0 radical (unpaired) electrons. The van der Waals surface area contributed by atoms with E-state index in [2.05, 4.69) is 11.8 Å². The van der Waals surface area contributed by atoms with Gasteiger partial charge in [-0.1, -0.05) is 6.92 Å². The first-order valence-corrected chi connectivity index (χ1v) is 9.18. The predicted molar refractivity (Wildman–Crippen MR) is 91.7 cm³/mol. The molecule has 2 saturated heterocycles. The average molecular weight is 326 g/mol. The highest BCUT2D eigenvalue weighted by molar-refractivity contribution is 5.68. The molecule has 5 nitrogen and oxygen atoms in total. The number of carbonyl (C=O) groups is 1. The summed E-state index contributed by atoms with van der Waals surface area (Å²) in [4.78, 5) is 16.6. The fraction of sp³-hybridized carbons (Fsp3) is 0.944. The molecule has 2 fully saturated rings. The van der Waals surface area contributed by atoms with Crippen LogP contribution in [0.4, 0.5) is 4.79 Å². The first-order chi connectivity index (χ1) is 10.8. The number of hydrogen-bond donors (Lipinski definition) is 0. The highest BCUT2D eigenvalue weighted by atomic mass is 16.6. The van der Waals surface area contributed by atoms with Gasteiger partial charge in [0.05, 0.1) is 18.8 Å². The number of amides is 1. The molecule has 0 aromatic heterocycles. The van der Waals surface area contributed by atoms with Crippen molar-refractivity contribution in [3.63, 3.8) is 0 Å². The maximum absolute atomic E-state index is 12.3. The Bertz CT molecular complexity index is 388. The second kappa shape index (κ2) is 7.84. The molecule has 2 aliphatic heterocycles. The Balaban J connectivity index is 1.85. The van der Waals surface area contributed by atoms with Gasteiger partial charge in [0.25, 0.3) is 0 Å². The smallest absolute Gasteiger partial charge is 0.410 e. The summed E-state index contributed by atoms with van der Waals surface area (Å²) in [6, 6.07) is 0. The van der Waals surface area contributed by atoms with Gasteiger partial charge in [-0.3, -0.25) is 0 Å². The summed E-state index contributed by atoms with van der Waals surface area (Å²) in [6.45, 7) is 13.5. The normalized spacial score (nSPS) is 26.5. The van der Waals surface area contributed by atoms with Crippen molar-refractivity contribution >= 4 is 6.09 Å². The first-order valence-electron chi connectivity index (χ1n) is 9.18. The largest absolute Gasteiger partial charge is 0.444 e. The number of hydrogen-bond acceptors (Lipinski definition) is 4. The molecule has 1 unspecified atom stereocenters. The van der Waals surface area contributed by atoms with E-state index in [0.717, 1.165) is 39.0 Å². The van der Waals surface area contributed by atoms with Crippen molar-refractivity contribution in [3.05, 3.63) is 0 Å². The van der Waals surface area contributed by atoms with Crippen molar-refractivity contribution < 1.29 is 14.3 Å². The molecule has 0 saturated carbocycles. The summed E-state index contributed by atoms with van der Waals surface area (Å²) in [5.41, 5.74) is -0.644. The van der Waals surface area contributed by atoms with Gasteiger partial charge in [0.1, 0.15) is 5.60 Å². The van der Waals surface area contributed by atoms with E-state index in [0.29, 0.717) is 6.54 Å². The Kier molecular flexibility index (Phi) is 6.32. The minimum absolute atomic E-state index is 0.200. The van der Waals surface area contributed by atoms with E-state index in [4.69, 9.17) is 9.47 Å². The van der Waals surface area contributed by atoms with E-state index in [1.165, 1.54) is 25.9 Å². The minimum atomic E-state index is -0.444. The lowest BCUT2D eigenvalue weighted by molar-refractivity contribution is -0.0962. The van der Waals surface area contributed by atoms with Gasteiger partial charge in [-0.15, -0.1) is 0 Å². The van der Waals surface area contributed by atoms with Gasteiger partial charge >= 0.3 is 6.09 Å². The molecule has 2 heterocycles. The quantitative estimate of drug-likeness (QED) is 0.777. The molecular weight excluding hydrogens is 292 g/mol. The van der Waals surface area contributed by atoms with E-state index in [9.17, 15) is 4.79 Å². The standard InChI is InChI=1S/C18H34N2O3/c1-5-18(22-14-13-19-10-6-7-11-19)9-8-12-20(15-18)16(21)23-17(2,3)4/h5-15H2,1-4H3. The van der Waals surface area contributed by atoms with Gasteiger partial charge < -0.3 is 19.3 Å². The van der Waals surface area contributed by atoms with Crippen LogP contribution in [0.1, 0.15) is 59.8 Å². The molecule has 0 spiro atoms. The van der Waals surface area contributed by atoms with Crippen molar-refractivity contribution in [2.75, 3.05) is 39.3 Å². The Morgan fingerprint density at radius 3 is 2.43 bits per heavy atom. The fourth-order valence-electron chi connectivity index (χ4n) is 3.49. The second-order valence-corrected chi connectivity index (χ2v) is 7.94.